The van der Waals surface area contributed by atoms with E-state index in [1.807, 2.05) is 32.9 Å². The van der Waals surface area contributed by atoms with E-state index in [-0.39, 0.29) is 23.5 Å². The zero-order valence-electron chi connectivity index (χ0n) is 13.2. The standard InChI is InChI=1S/C15H20BrN3O3S/c1-9(2)6-13(20)17-15(23)19-18-14(21)8-22-12-5-4-11(16)7-10(12)3/h4-5,7,9H,6,8H2,1-3H3,(H,18,21)(H2,17,19,20,23). The molecule has 0 unspecified atom stereocenters. The van der Waals surface area contributed by atoms with Crippen molar-refractivity contribution in [2.45, 2.75) is 27.2 Å². The first-order valence-corrected chi connectivity index (χ1v) is 8.25. The van der Waals surface area contributed by atoms with Gasteiger partial charge in [-0.2, -0.15) is 0 Å². The topological polar surface area (TPSA) is 79.5 Å². The van der Waals surface area contributed by atoms with Crippen LogP contribution in [0.1, 0.15) is 25.8 Å². The second-order valence-electron chi connectivity index (χ2n) is 5.35. The minimum Gasteiger partial charge on any atom is -0.483 e. The molecule has 0 atom stereocenters. The van der Waals surface area contributed by atoms with Gasteiger partial charge in [0, 0.05) is 10.9 Å². The lowest BCUT2D eigenvalue weighted by atomic mass is 10.1. The monoisotopic (exact) mass is 401 g/mol. The zero-order chi connectivity index (χ0) is 17.4. The van der Waals surface area contributed by atoms with E-state index in [2.05, 4.69) is 32.1 Å². The highest BCUT2D eigenvalue weighted by atomic mass is 79.9. The van der Waals surface area contributed by atoms with Crippen LogP contribution in [0.5, 0.6) is 5.75 Å². The summed E-state index contributed by atoms with van der Waals surface area (Å²) in [6.07, 6.45) is 0.363. The number of nitrogens with one attached hydrogen (secondary N) is 3. The maximum atomic E-state index is 11.7. The Kier molecular flexibility index (Phi) is 7.97. The van der Waals surface area contributed by atoms with Crippen LogP contribution in [0.2, 0.25) is 0 Å². The van der Waals surface area contributed by atoms with Gasteiger partial charge in [-0.25, -0.2) is 0 Å². The average molecular weight is 402 g/mol. The molecular weight excluding hydrogens is 382 g/mol. The molecule has 1 rings (SSSR count). The lowest BCUT2D eigenvalue weighted by molar-refractivity contribution is -0.124. The number of thiocarbonyl (C=S) groups is 1. The maximum Gasteiger partial charge on any atom is 0.276 e. The van der Waals surface area contributed by atoms with E-state index >= 15 is 0 Å². The molecule has 0 aromatic heterocycles. The Bertz CT molecular complexity index is 593. The molecule has 0 bridgehead atoms. The lowest BCUT2D eigenvalue weighted by Gasteiger charge is -2.12. The molecule has 0 heterocycles. The minimum absolute atomic E-state index is 0.0452. The largest absolute Gasteiger partial charge is 0.483 e. The zero-order valence-corrected chi connectivity index (χ0v) is 15.6. The second-order valence-corrected chi connectivity index (χ2v) is 6.67. The van der Waals surface area contributed by atoms with E-state index in [1.165, 1.54) is 0 Å². The molecule has 6 nitrogen and oxygen atoms in total. The predicted octanol–water partition coefficient (Wildman–Crippen LogP) is 2.20. The maximum absolute atomic E-state index is 11.7. The molecule has 0 saturated carbocycles. The third kappa shape index (κ3) is 7.94. The van der Waals surface area contributed by atoms with Gasteiger partial charge in [0.1, 0.15) is 5.75 Å². The van der Waals surface area contributed by atoms with Gasteiger partial charge in [-0.05, 0) is 48.8 Å². The van der Waals surface area contributed by atoms with Crippen molar-refractivity contribution in [1.82, 2.24) is 16.2 Å². The van der Waals surface area contributed by atoms with Gasteiger partial charge in [-0.1, -0.05) is 29.8 Å². The van der Waals surface area contributed by atoms with E-state index in [0.717, 1.165) is 10.0 Å². The number of ether oxygens (including phenoxy) is 1. The summed E-state index contributed by atoms with van der Waals surface area (Å²) < 4.78 is 6.36. The molecule has 0 aliphatic heterocycles. The summed E-state index contributed by atoms with van der Waals surface area (Å²) >= 11 is 8.27. The Morgan fingerprint density at radius 2 is 1.96 bits per heavy atom. The number of amides is 2. The first kappa shape index (κ1) is 19.4. The number of carbonyl (C=O) groups is 2. The van der Waals surface area contributed by atoms with Gasteiger partial charge in [0.05, 0.1) is 0 Å². The Morgan fingerprint density at radius 3 is 2.57 bits per heavy atom. The van der Waals surface area contributed by atoms with Crippen molar-refractivity contribution in [3.63, 3.8) is 0 Å². The predicted molar refractivity (Wildman–Crippen MR) is 95.8 cm³/mol. The summed E-state index contributed by atoms with van der Waals surface area (Å²) in [7, 11) is 0. The SMILES string of the molecule is Cc1cc(Br)ccc1OCC(=O)NNC(=S)NC(=O)CC(C)C. The molecule has 0 radical (unpaired) electrons. The van der Waals surface area contributed by atoms with Crippen molar-refractivity contribution in [2.75, 3.05) is 6.61 Å². The number of hydrogen-bond acceptors (Lipinski definition) is 4. The highest BCUT2D eigenvalue weighted by molar-refractivity contribution is 9.10. The van der Waals surface area contributed by atoms with Gasteiger partial charge in [0.15, 0.2) is 11.7 Å². The molecular formula is C15H20BrN3O3S. The minimum atomic E-state index is -0.409. The van der Waals surface area contributed by atoms with Crippen molar-refractivity contribution in [2.24, 2.45) is 5.92 Å². The Morgan fingerprint density at radius 1 is 1.26 bits per heavy atom. The fraction of sp³-hybridized carbons (Fsp3) is 0.400. The van der Waals surface area contributed by atoms with Crippen LogP contribution in [-0.4, -0.2) is 23.5 Å². The van der Waals surface area contributed by atoms with Crippen LogP contribution in [0, 0.1) is 12.8 Å². The first-order valence-electron chi connectivity index (χ1n) is 7.05. The normalized spacial score (nSPS) is 10.1. The second kappa shape index (κ2) is 9.46. The van der Waals surface area contributed by atoms with Crippen molar-refractivity contribution >= 4 is 45.1 Å². The average Bonchev–Trinajstić information content (AvgIpc) is 2.43. The molecule has 0 fully saturated rings. The Labute approximate surface area is 149 Å². The van der Waals surface area contributed by atoms with Crippen LogP contribution in [0.4, 0.5) is 0 Å². The van der Waals surface area contributed by atoms with Gasteiger partial charge >= 0.3 is 0 Å². The number of hydrazine groups is 1. The van der Waals surface area contributed by atoms with Gasteiger partial charge < -0.3 is 10.1 Å². The number of hydrogen-bond donors (Lipinski definition) is 3. The van der Waals surface area contributed by atoms with Crippen molar-refractivity contribution < 1.29 is 14.3 Å². The Hall–Kier alpha value is -1.67. The molecule has 0 saturated heterocycles. The van der Waals surface area contributed by atoms with Crippen LogP contribution in [0.15, 0.2) is 22.7 Å². The van der Waals surface area contributed by atoms with Gasteiger partial charge in [-0.3, -0.25) is 20.4 Å². The summed E-state index contributed by atoms with van der Waals surface area (Å²) in [6, 6.07) is 5.50. The molecule has 2 amide bonds. The fourth-order valence-corrected chi connectivity index (χ4v) is 2.30. The van der Waals surface area contributed by atoms with E-state index in [9.17, 15) is 9.59 Å². The van der Waals surface area contributed by atoms with E-state index in [1.54, 1.807) is 6.07 Å². The molecule has 126 valence electrons. The molecule has 0 spiro atoms. The fourth-order valence-electron chi connectivity index (χ4n) is 1.66. The number of benzene rings is 1. The highest BCUT2D eigenvalue weighted by Crippen LogP contribution is 2.21. The van der Waals surface area contributed by atoms with E-state index < -0.39 is 5.91 Å². The highest BCUT2D eigenvalue weighted by Gasteiger charge is 2.09. The summed E-state index contributed by atoms with van der Waals surface area (Å²) in [4.78, 5) is 23.2. The van der Waals surface area contributed by atoms with Crippen LogP contribution in [-0.2, 0) is 9.59 Å². The van der Waals surface area contributed by atoms with Crippen molar-refractivity contribution in [3.05, 3.63) is 28.2 Å². The van der Waals surface area contributed by atoms with E-state index in [0.29, 0.717) is 12.2 Å². The lowest BCUT2D eigenvalue weighted by Crippen LogP contribution is -2.49. The van der Waals surface area contributed by atoms with Gasteiger partial charge in [0.25, 0.3) is 5.91 Å². The van der Waals surface area contributed by atoms with E-state index in [4.69, 9.17) is 17.0 Å². The third-order valence-electron chi connectivity index (χ3n) is 2.66. The van der Waals surface area contributed by atoms with Crippen molar-refractivity contribution in [3.8, 4) is 5.75 Å². The molecule has 1 aromatic carbocycles. The Balaban J connectivity index is 2.31. The summed E-state index contributed by atoms with van der Waals surface area (Å²) in [5.74, 6) is 0.243. The van der Waals surface area contributed by atoms with Crippen molar-refractivity contribution in [1.29, 1.82) is 0 Å². The van der Waals surface area contributed by atoms with Crippen LogP contribution in [0.3, 0.4) is 0 Å². The summed E-state index contributed by atoms with van der Waals surface area (Å²) in [5, 5.41) is 2.52. The smallest absolute Gasteiger partial charge is 0.276 e. The number of rotatable bonds is 5. The molecule has 0 aliphatic rings. The van der Waals surface area contributed by atoms with Gasteiger partial charge in [0.2, 0.25) is 5.91 Å². The summed E-state index contributed by atoms with van der Waals surface area (Å²) in [6.45, 7) is 5.58. The van der Waals surface area contributed by atoms with Crippen LogP contribution >= 0.6 is 28.1 Å². The molecule has 1 aromatic rings. The number of halogens is 1. The first-order chi connectivity index (χ1) is 10.8. The molecule has 3 N–H and O–H groups in total. The third-order valence-corrected chi connectivity index (χ3v) is 3.36. The molecule has 8 heteroatoms. The quantitative estimate of drug-likeness (QED) is 0.520. The van der Waals surface area contributed by atoms with Crippen LogP contribution in [0.25, 0.3) is 0 Å². The number of carbonyl (C=O) groups excluding carboxylic acids is 2. The van der Waals surface area contributed by atoms with Gasteiger partial charge in [-0.15, -0.1) is 0 Å². The molecule has 0 aliphatic carbocycles. The summed E-state index contributed by atoms with van der Waals surface area (Å²) in [5.41, 5.74) is 5.74. The molecule has 23 heavy (non-hydrogen) atoms. The van der Waals surface area contributed by atoms with Crippen LogP contribution < -0.4 is 20.9 Å². The number of aryl methyl sites for hydroxylation is 1.